The number of hydrogen-bond acceptors (Lipinski definition) is 5. The summed E-state index contributed by atoms with van der Waals surface area (Å²) in [4.78, 5) is 10.9. The fraction of sp³-hybridized carbons (Fsp3) is 0.600. The van der Waals surface area contributed by atoms with Gasteiger partial charge in [-0.05, 0) is 36.6 Å². The van der Waals surface area contributed by atoms with Crippen molar-refractivity contribution in [2.45, 2.75) is 33.2 Å². The van der Waals surface area contributed by atoms with E-state index in [9.17, 15) is 10.1 Å². The molecule has 1 aromatic carbocycles. The summed E-state index contributed by atoms with van der Waals surface area (Å²) < 4.78 is 5.34. The summed E-state index contributed by atoms with van der Waals surface area (Å²) in [5.41, 5.74) is 0.918. The number of benzene rings is 1. The zero-order valence-corrected chi connectivity index (χ0v) is 13.5. The Morgan fingerprint density at radius 2 is 2.29 bits per heavy atom. The van der Waals surface area contributed by atoms with Crippen molar-refractivity contribution < 1.29 is 9.66 Å². The third kappa shape index (κ3) is 4.27. The van der Waals surface area contributed by atoms with Crippen molar-refractivity contribution in [1.82, 2.24) is 0 Å². The minimum atomic E-state index is -0.355. The summed E-state index contributed by atoms with van der Waals surface area (Å²) in [7, 11) is 0. The minimum Gasteiger partial charge on any atom is -0.494 e. The van der Waals surface area contributed by atoms with Crippen LogP contribution in [0, 0.1) is 15.5 Å². The third-order valence-corrected chi connectivity index (χ3v) is 5.07. The SMILES string of the molecule is CCOc1ccc(NC2CSCC(C)(C)C2)c([N+](=O)[O-])c1. The number of rotatable bonds is 5. The average Bonchev–Trinajstić information content (AvgIpc) is 2.39. The lowest BCUT2D eigenvalue weighted by Gasteiger charge is -2.35. The molecule has 1 heterocycles. The van der Waals surface area contributed by atoms with Gasteiger partial charge in [0.05, 0.1) is 17.6 Å². The van der Waals surface area contributed by atoms with Gasteiger partial charge in [0.15, 0.2) is 0 Å². The molecule has 1 aromatic rings. The Bertz CT molecular complexity index is 520. The molecule has 0 aromatic heterocycles. The normalized spacial score (nSPS) is 20.8. The van der Waals surface area contributed by atoms with Crippen molar-refractivity contribution in [2.24, 2.45) is 5.41 Å². The first-order valence-electron chi connectivity index (χ1n) is 7.17. The highest BCUT2D eigenvalue weighted by atomic mass is 32.2. The van der Waals surface area contributed by atoms with E-state index in [2.05, 4.69) is 19.2 Å². The van der Waals surface area contributed by atoms with E-state index in [0.717, 1.165) is 17.9 Å². The molecular weight excluding hydrogens is 288 g/mol. The lowest BCUT2D eigenvalue weighted by atomic mass is 9.87. The standard InChI is InChI=1S/C15H22N2O3S/c1-4-20-12-5-6-13(14(7-12)17(18)19)16-11-8-15(2,3)10-21-9-11/h5-7,11,16H,4,8-10H2,1-3H3. The van der Waals surface area contributed by atoms with Crippen LogP contribution < -0.4 is 10.1 Å². The molecular formula is C15H22N2O3S. The van der Waals surface area contributed by atoms with Crippen LogP contribution in [-0.2, 0) is 0 Å². The molecule has 1 saturated heterocycles. The van der Waals surface area contributed by atoms with Crippen molar-refractivity contribution in [1.29, 1.82) is 0 Å². The van der Waals surface area contributed by atoms with Crippen LogP contribution in [0.25, 0.3) is 0 Å². The van der Waals surface area contributed by atoms with Gasteiger partial charge in [-0.3, -0.25) is 10.1 Å². The van der Waals surface area contributed by atoms with Gasteiger partial charge in [-0.2, -0.15) is 11.8 Å². The number of nitro benzene ring substituents is 1. The predicted molar refractivity (Wildman–Crippen MR) is 87.4 cm³/mol. The van der Waals surface area contributed by atoms with E-state index < -0.39 is 0 Å². The number of thioether (sulfide) groups is 1. The quantitative estimate of drug-likeness (QED) is 0.659. The first kappa shape index (κ1) is 15.9. The Balaban J connectivity index is 2.17. The molecule has 0 radical (unpaired) electrons. The molecule has 1 aliphatic heterocycles. The summed E-state index contributed by atoms with van der Waals surface area (Å²) >= 11 is 1.90. The number of hydrogen-bond donors (Lipinski definition) is 1. The highest BCUT2D eigenvalue weighted by Gasteiger charge is 2.29. The van der Waals surface area contributed by atoms with Crippen molar-refractivity contribution in [3.63, 3.8) is 0 Å². The van der Waals surface area contributed by atoms with E-state index >= 15 is 0 Å². The van der Waals surface area contributed by atoms with E-state index in [4.69, 9.17) is 4.74 Å². The monoisotopic (exact) mass is 310 g/mol. The Morgan fingerprint density at radius 3 is 2.90 bits per heavy atom. The van der Waals surface area contributed by atoms with Gasteiger partial charge in [-0.25, -0.2) is 0 Å². The molecule has 21 heavy (non-hydrogen) atoms. The van der Waals surface area contributed by atoms with Crippen molar-refractivity contribution >= 4 is 23.1 Å². The molecule has 1 aliphatic rings. The average molecular weight is 310 g/mol. The Morgan fingerprint density at radius 1 is 1.52 bits per heavy atom. The molecule has 0 amide bonds. The van der Waals surface area contributed by atoms with Gasteiger partial charge >= 0.3 is 0 Å². The lowest BCUT2D eigenvalue weighted by molar-refractivity contribution is -0.384. The van der Waals surface area contributed by atoms with Gasteiger partial charge < -0.3 is 10.1 Å². The summed E-state index contributed by atoms with van der Waals surface area (Å²) in [5, 5.41) is 14.6. The fourth-order valence-electron chi connectivity index (χ4n) is 2.62. The van der Waals surface area contributed by atoms with Gasteiger partial charge in [0, 0.05) is 11.8 Å². The number of nitrogens with zero attached hydrogens (tertiary/aromatic N) is 1. The van der Waals surface area contributed by atoms with Crippen LogP contribution in [0.5, 0.6) is 5.75 Å². The van der Waals surface area contributed by atoms with Crippen LogP contribution >= 0.6 is 11.8 Å². The molecule has 0 spiro atoms. The largest absolute Gasteiger partial charge is 0.494 e. The number of nitro groups is 1. The molecule has 0 saturated carbocycles. The van der Waals surface area contributed by atoms with Gasteiger partial charge in [-0.15, -0.1) is 0 Å². The van der Waals surface area contributed by atoms with Crippen molar-refractivity contribution in [2.75, 3.05) is 23.4 Å². The maximum absolute atomic E-state index is 11.3. The molecule has 1 fully saturated rings. The molecule has 1 unspecified atom stereocenters. The molecule has 6 heteroatoms. The van der Waals surface area contributed by atoms with Crippen molar-refractivity contribution in [3.8, 4) is 5.75 Å². The molecule has 1 N–H and O–H groups in total. The minimum absolute atomic E-state index is 0.0781. The third-order valence-electron chi connectivity index (χ3n) is 3.45. The van der Waals surface area contributed by atoms with E-state index in [-0.39, 0.29) is 22.1 Å². The molecule has 1 atom stereocenters. The van der Waals surface area contributed by atoms with Crippen LogP contribution in [0.3, 0.4) is 0 Å². The first-order chi connectivity index (χ1) is 9.91. The van der Waals surface area contributed by atoms with Crippen LogP contribution in [-0.4, -0.2) is 29.1 Å². The van der Waals surface area contributed by atoms with E-state index in [1.165, 1.54) is 6.07 Å². The zero-order valence-electron chi connectivity index (χ0n) is 12.7. The zero-order chi connectivity index (χ0) is 15.5. The maximum atomic E-state index is 11.3. The topological polar surface area (TPSA) is 64.4 Å². The smallest absolute Gasteiger partial charge is 0.296 e. The van der Waals surface area contributed by atoms with Gasteiger partial charge in [-0.1, -0.05) is 13.8 Å². The molecule has 5 nitrogen and oxygen atoms in total. The predicted octanol–water partition coefficient (Wildman–Crippen LogP) is 3.94. The number of anilines is 1. The number of nitrogens with one attached hydrogen (secondary N) is 1. The van der Waals surface area contributed by atoms with Crippen LogP contribution in [0.4, 0.5) is 11.4 Å². The summed E-state index contributed by atoms with van der Waals surface area (Å²) in [6, 6.07) is 5.28. The summed E-state index contributed by atoms with van der Waals surface area (Å²) in [5.74, 6) is 2.65. The second kappa shape index (κ2) is 6.56. The van der Waals surface area contributed by atoms with Gasteiger partial charge in [0.25, 0.3) is 5.69 Å². The van der Waals surface area contributed by atoms with E-state index in [0.29, 0.717) is 18.0 Å². The van der Waals surface area contributed by atoms with Gasteiger partial charge in [0.1, 0.15) is 11.4 Å². The molecule has 2 rings (SSSR count). The van der Waals surface area contributed by atoms with E-state index in [1.807, 2.05) is 18.7 Å². The maximum Gasteiger partial charge on any atom is 0.296 e. The Kier molecular flexibility index (Phi) is 4.98. The van der Waals surface area contributed by atoms with Gasteiger partial charge in [0.2, 0.25) is 0 Å². The van der Waals surface area contributed by atoms with E-state index in [1.54, 1.807) is 12.1 Å². The number of ether oxygens (including phenoxy) is 1. The summed E-state index contributed by atoms with van der Waals surface area (Å²) in [6.45, 7) is 6.83. The fourth-order valence-corrected chi connectivity index (χ4v) is 3.89. The second-order valence-corrected chi connectivity index (χ2v) is 7.12. The molecule has 0 aliphatic carbocycles. The van der Waals surface area contributed by atoms with Crippen LogP contribution in [0.15, 0.2) is 18.2 Å². The van der Waals surface area contributed by atoms with Crippen molar-refractivity contribution in [3.05, 3.63) is 28.3 Å². The van der Waals surface area contributed by atoms with Crippen LogP contribution in [0.1, 0.15) is 27.2 Å². The highest BCUT2D eigenvalue weighted by Crippen LogP contribution is 2.36. The Hall–Kier alpha value is -1.43. The Labute approximate surface area is 129 Å². The first-order valence-corrected chi connectivity index (χ1v) is 8.32. The second-order valence-electron chi connectivity index (χ2n) is 6.09. The summed E-state index contributed by atoms with van der Waals surface area (Å²) in [6.07, 6.45) is 1.02. The molecule has 0 bridgehead atoms. The molecule has 116 valence electrons. The van der Waals surface area contributed by atoms with Crippen LogP contribution in [0.2, 0.25) is 0 Å². The highest BCUT2D eigenvalue weighted by molar-refractivity contribution is 7.99. The lowest BCUT2D eigenvalue weighted by Crippen LogP contribution is -2.35.